The normalized spacial score (nSPS) is 16.6. The van der Waals surface area contributed by atoms with Crippen LogP contribution in [0.4, 0.5) is 0 Å². The van der Waals surface area contributed by atoms with Gasteiger partial charge in [-0.15, -0.1) is 0 Å². The first-order valence-corrected chi connectivity index (χ1v) is 7.45. The van der Waals surface area contributed by atoms with Crippen molar-refractivity contribution in [2.45, 2.75) is 44.6 Å². The molecule has 0 amide bonds. The summed E-state index contributed by atoms with van der Waals surface area (Å²) < 4.78 is 0. The summed E-state index contributed by atoms with van der Waals surface area (Å²) in [5, 5.41) is 13.0. The maximum atomic E-state index is 11.4. The average Bonchev–Trinajstić information content (AvgIpc) is 2.45. The summed E-state index contributed by atoms with van der Waals surface area (Å²) in [6.07, 6.45) is 8.64. The Bertz CT molecular complexity index is 585. The third kappa shape index (κ3) is 4.86. The molecule has 1 heterocycles. The van der Waals surface area contributed by atoms with Crippen LogP contribution in [0.2, 0.25) is 0 Å². The van der Waals surface area contributed by atoms with Crippen molar-refractivity contribution in [3.8, 4) is 5.88 Å². The first-order chi connectivity index (χ1) is 10.2. The van der Waals surface area contributed by atoms with Crippen LogP contribution in [-0.2, 0) is 0 Å². The standard InChI is InChI=1S/C14H22N4O3/c19-12-11(13(20)18-14(21)17-12)9-15-7-4-8-16-10-5-2-1-3-6-10/h9-10,16H,1-8H2,(H3,17,18,19,20,21). The second-order valence-corrected chi connectivity index (χ2v) is 5.35. The molecule has 1 aliphatic carbocycles. The van der Waals surface area contributed by atoms with Gasteiger partial charge in [-0.25, -0.2) is 4.79 Å². The second kappa shape index (κ2) is 7.78. The number of aromatic nitrogens is 2. The van der Waals surface area contributed by atoms with Crippen molar-refractivity contribution < 1.29 is 5.11 Å². The van der Waals surface area contributed by atoms with E-state index in [0.29, 0.717) is 12.6 Å². The minimum absolute atomic E-state index is 0.0187. The van der Waals surface area contributed by atoms with Crippen molar-refractivity contribution in [2.24, 2.45) is 4.99 Å². The summed E-state index contributed by atoms with van der Waals surface area (Å²) in [5.74, 6) is -0.451. The van der Waals surface area contributed by atoms with Gasteiger partial charge in [0.05, 0.1) is 0 Å². The molecule has 1 aromatic rings. The van der Waals surface area contributed by atoms with Crippen molar-refractivity contribution in [2.75, 3.05) is 13.1 Å². The van der Waals surface area contributed by atoms with Gasteiger partial charge in [0, 0.05) is 18.8 Å². The molecule has 116 valence electrons. The lowest BCUT2D eigenvalue weighted by atomic mass is 9.95. The van der Waals surface area contributed by atoms with Gasteiger partial charge in [-0.1, -0.05) is 19.3 Å². The van der Waals surface area contributed by atoms with Crippen LogP contribution < -0.4 is 16.6 Å². The van der Waals surface area contributed by atoms with Crippen LogP contribution in [0, 0.1) is 0 Å². The zero-order chi connectivity index (χ0) is 15.1. The number of hydrogen-bond donors (Lipinski definition) is 4. The van der Waals surface area contributed by atoms with Crippen LogP contribution in [0.3, 0.4) is 0 Å². The van der Waals surface area contributed by atoms with Crippen molar-refractivity contribution in [1.29, 1.82) is 0 Å². The number of rotatable bonds is 6. The zero-order valence-electron chi connectivity index (χ0n) is 12.0. The van der Waals surface area contributed by atoms with Gasteiger partial charge < -0.3 is 10.4 Å². The van der Waals surface area contributed by atoms with E-state index in [1.807, 2.05) is 4.98 Å². The van der Waals surface area contributed by atoms with Crippen molar-refractivity contribution in [3.05, 3.63) is 26.4 Å². The van der Waals surface area contributed by atoms with Crippen LogP contribution in [-0.4, -0.2) is 40.4 Å². The number of aromatic amines is 2. The molecular formula is C14H22N4O3. The Labute approximate surface area is 122 Å². The van der Waals surface area contributed by atoms with Gasteiger partial charge in [0.15, 0.2) is 0 Å². The Kier molecular flexibility index (Phi) is 5.74. The van der Waals surface area contributed by atoms with Crippen LogP contribution >= 0.6 is 0 Å². The predicted octanol–water partition coefficient (Wildman–Crippen LogP) is 0.500. The van der Waals surface area contributed by atoms with Crippen molar-refractivity contribution in [1.82, 2.24) is 15.3 Å². The van der Waals surface area contributed by atoms with E-state index in [9.17, 15) is 14.7 Å². The van der Waals surface area contributed by atoms with E-state index in [1.165, 1.54) is 38.3 Å². The molecule has 1 saturated carbocycles. The molecule has 1 aromatic heterocycles. The van der Waals surface area contributed by atoms with E-state index < -0.39 is 17.1 Å². The van der Waals surface area contributed by atoms with Gasteiger partial charge >= 0.3 is 5.69 Å². The highest BCUT2D eigenvalue weighted by Crippen LogP contribution is 2.17. The Morgan fingerprint density at radius 1 is 1.24 bits per heavy atom. The van der Waals surface area contributed by atoms with Gasteiger partial charge in [0.25, 0.3) is 5.56 Å². The summed E-state index contributed by atoms with van der Waals surface area (Å²) >= 11 is 0. The van der Waals surface area contributed by atoms with Gasteiger partial charge in [-0.05, 0) is 25.8 Å². The summed E-state index contributed by atoms with van der Waals surface area (Å²) in [5.41, 5.74) is -1.39. The number of H-pyrrole nitrogens is 2. The zero-order valence-corrected chi connectivity index (χ0v) is 12.0. The van der Waals surface area contributed by atoms with E-state index in [-0.39, 0.29) is 5.56 Å². The van der Waals surface area contributed by atoms with Crippen molar-refractivity contribution >= 4 is 6.21 Å². The van der Waals surface area contributed by atoms with Gasteiger partial charge in [-0.2, -0.15) is 0 Å². The Hall–Kier alpha value is -1.89. The highest BCUT2D eigenvalue weighted by molar-refractivity contribution is 5.81. The average molecular weight is 294 g/mol. The highest BCUT2D eigenvalue weighted by Gasteiger charge is 2.11. The highest BCUT2D eigenvalue weighted by atomic mass is 16.3. The first kappa shape index (κ1) is 15.5. The van der Waals surface area contributed by atoms with Crippen LogP contribution in [0.1, 0.15) is 44.1 Å². The van der Waals surface area contributed by atoms with Crippen LogP contribution in [0.5, 0.6) is 5.88 Å². The number of nitrogens with zero attached hydrogens (tertiary/aromatic N) is 1. The summed E-state index contributed by atoms with van der Waals surface area (Å²) in [6.45, 7) is 1.47. The van der Waals surface area contributed by atoms with Crippen molar-refractivity contribution in [3.63, 3.8) is 0 Å². The molecule has 4 N–H and O–H groups in total. The fourth-order valence-electron chi connectivity index (χ4n) is 2.54. The molecule has 0 spiro atoms. The molecule has 1 aliphatic rings. The number of aromatic hydroxyl groups is 1. The fraction of sp³-hybridized carbons (Fsp3) is 0.643. The molecule has 0 aliphatic heterocycles. The minimum atomic E-state index is -0.730. The van der Waals surface area contributed by atoms with E-state index in [4.69, 9.17) is 0 Å². The third-order valence-electron chi connectivity index (χ3n) is 3.68. The van der Waals surface area contributed by atoms with Gasteiger partial charge in [-0.3, -0.25) is 19.8 Å². The molecule has 0 aromatic carbocycles. The molecule has 0 atom stereocenters. The summed E-state index contributed by atoms with van der Waals surface area (Å²) in [7, 11) is 0. The Morgan fingerprint density at radius 2 is 2.00 bits per heavy atom. The molecule has 21 heavy (non-hydrogen) atoms. The maximum Gasteiger partial charge on any atom is 0.328 e. The van der Waals surface area contributed by atoms with E-state index in [2.05, 4.69) is 15.3 Å². The number of nitrogens with one attached hydrogen (secondary N) is 3. The molecule has 0 unspecified atom stereocenters. The Balaban J connectivity index is 1.73. The fourth-order valence-corrected chi connectivity index (χ4v) is 2.54. The molecular weight excluding hydrogens is 272 g/mol. The molecule has 1 fully saturated rings. The Morgan fingerprint density at radius 3 is 2.71 bits per heavy atom. The van der Waals surface area contributed by atoms with Gasteiger partial charge in [0.2, 0.25) is 5.88 Å². The second-order valence-electron chi connectivity index (χ2n) is 5.35. The molecule has 2 rings (SSSR count). The quantitative estimate of drug-likeness (QED) is 0.452. The summed E-state index contributed by atoms with van der Waals surface area (Å²) in [6, 6.07) is 0.633. The predicted molar refractivity (Wildman–Crippen MR) is 81.3 cm³/mol. The third-order valence-corrected chi connectivity index (χ3v) is 3.68. The topological polar surface area (TPSA) is 110 Å². The van der Waals surface area contributed by atoms with E-state index in [1.54, 1.807) is 0 Å². The maximum absolute atomic E-state index is 11.4. The minimum Gasteiger partial charge on any atom is -0.494 e. The largest absolute Gasteiger partial charge is 0.494 e. The van der Waals surface area contributed by atoms with Gasteiger partial charge in [0.1, 0.15) is 5.56 Å². The SMILES string of the molecule is O=c1[nH]c(O)c(C=NCCCNC2CCCCC2)c(=O)[nH]1. The lowest BCUT2D eigenvalue weighted by molar-refractivity contribution is 0.373. The number of aliphatic imine (C=N–C) groups is 1. The lowest BCUT2D eigenvalue weighted by Crippen LogP contribution is -2.31. The molecule has 0 radical (unpaired) electrons. The van der Waals surface area contributed by atoms with E-state index >= 15 is 0 Å². The molecule has 0 bridgehead atoms. The van der Waals surface area contributed by atoms with Crippen LogP contribution in [0.25, 0.3) is 0 Å². The van der Waals surface area contributed by atoms with Crippen LogP contribution in [0.15, 0.2) is 14.6 Å². The first-order valence-electron chi connectivity index (χ1n) is 7.45. The molecule has 7 heteroatoms. The number of hydrogen-bond acceptors (Lipinski definition) is 5. The van der Waals surface area contributed by atoms with E-state index in [0.717, 1.165) is 13.0 Å². The molecule has 7 nitrogen and oxygen atoms in total. The monoisotopic (exact) mass is 294 g/mol. The summed E-state index contributed by atoms with van der Waals surface area (Å²) in [4.78, 5) is 30.6. The molecule has 0 saturated heterocycles. The smallest absolute Gasteiger partial charge is 0.328 e. The lowest BCUT2D eigenvalue weighted by Gasteiger charge is -2.22.